The highest BCUT2D eigenvalue weighted by molar-refractivity contribution is 7.07. The molecular weight excluding hydrogens is 370 g/mol. The average molecular weight is 396 g/mol. The predicted molar refractivity (Wildman–Crippen MR) is 112 cm³/mol. The van der Waals surface area contributed by atoms with Crippen LogP contribution in [0.2, 0.25) is 0 Å². The van der Waals surface area contributed by atoms with E-state index in [9.17, 15) is 4.79 Å². The number of anilines is 1. The van der Waals surface area contributed by atoms with Crippen LogP contribution in [0.1, 0.15) is 47.6 Å². The van der Waals surface area contributed by atoms with Crippen molar-refractivity contribution in [2.45, 2.75) is 32.6 Å². The Kier molecular flexibility index (Phi) is 5.54. The van der Waals surface area contributed by atoms with Crippen LogP contribution in [-0.2, 0) is 0 Å². The Morgan fingerprint density at radius 3 is 2.64 bits per heavy atom. The molecule has 0 aliphatic carbocycles. The largest absolute Gasteiger partial charge is 0.317 e. The molecule has 3 heterocycles. The lowest BCUT2D eigenvalue weighted by Crippen LogP contribution is -2.33. The molecule has 6 nitrogen and oxygen atoms in total. The van der Waals surface area contributed by atoms with Gasteiger partial charge in [-0.3, -0.25) is 4.79 Å². The number of hydrogen-bond acceptors (Lipinski definition) is 5. The van der Waals surface area contributed by atoms with E-state index in [-0.39, 0.29) is 5.91 Å². The molecule has 1 aromatic carbocycles. The van der Waals surface area contributed by atoms with Crippen LogP contribution in [0, 0.1) is 6.92 Å². The first kappa shape index (κ1) is 18.8. The van der Waals surface area contributed by atoms with Crippen LogP contribution in [0.15, 0.2) is 41.2 Å². The van der Waals surface area contributed by atoms with Gasteiger partial charge in [0.2, 0.25) is 0 Å². The number of carbonyl (C=O) groups is 1. The van der Waals surface area contributed by atoms with Crippen LogP contribution < -0.4 is 5.32 Å². The van der Waals surface area contributed by atoms with E-state index in [2.05, 4.69) is 34.3 Å². The second-order valence-corrected chi connectivity index (χ2v) is 7.85. The summed E-state index contributed by atoms with van der Waals surface area (Å²) in [5.74, 6) is 0.180. The number of piperidine rings is 1. The second-order valence-electron chi connectivity index (χ2n) is 7.13. The van der Waals surface area contributed by atoms with Crippen molar-refractivity contribution < 1.29 is 4.79 Å². The Balaban J connectivity index is 1.72. The summed E-state index contributed by atoms with van der Waals surface area (Å²) in [4.78, 5) is 19.3. The van der Waals surface area contributed by atoms with Gasteiger partial charge in [-0.1, -0.05) is 25.1 Å². The van der Waals surface area contributed by atoms with E-state index in [0.717, 1.165) is 55.2 Å². The first-order valence-electron chi connectivity index (χ1n) is 9.74. The molecule has 1 fully saturated rings. The minimum Gasteiger partial charge on any atom is -0.317 e. The number of hydrogen-bond donors (Lipinski definition) is 1. The minimum atomic E-state index is -0.177. The highest BCUT2D eigenvalue weighted by Crippen LogP contribution is 2.36. The molecule has 7 heteroatoms. The van der Waals surface area contributed by atoms with Gasteiger partial charge in [0.05, 0.1) is 28.3 Å². The van der Waals surface area contributed by atoms with E-state index < -0.39 is 0 Å². The highest BCUT2D eigenvalue weighted by Gasteiger charge is 2.29. The molecule has 4 rings (SSSR count). The zero-order valence-electron chi connectivity index (χ0n) is 16.3. The number of thiazole rings is 1. The molecule has 0 bridgehead atoms. The maximum atomic E-state index is 12.7. The van der Waals surface area contributed by atoms with Crippen LogP contribution in [0.25, 0.3) is 5.69 Å². The van der Waals surface area contributed by atoms with Crippen LogP contribution in [0.5, 0.6) is 0 Å². The molecule has 1 N–H and O–H groups in total. The van der Waals surface area contributed by atoms with Crippen molar-refractivity contribution in [3.8, 4) is 5.69 Å². The topological polar surface area (TPSA) is 63.1 Å². The average Bonchev–Trinajstić information content (AvgIpc) is 3.38. The highest BCUT2D eigenvalue weighted by atomic mass is 32.1. The number of para-hydroxylation sites is 1. The van der Waals surface area contributed by atoms with E-state index in [1.54, 1.807) is 10.9 Å². The van der Waals surface area contributed by atoms with Gasteiger partial charge < -0.3 is 10.2 Å². The van der Waals surface area contributed by atoms with Gasteiger partial charge in [-0.25, -0.2) is 9.67 Å². The molecule has 28 heavy (non-hydrogen) atoms. The lowest BCUT2D eigenvalue weighted by molar-refractivity contribution is 0.102. The lowest BCUT2D eigenvalue weighted by atomic mass is 9.92. The van der Waals surface area contributed by atoms with E-state index >= 15 is 0 Å². The SMILES string of the molecule is CCN1CCC(c2c(NC(=O)c3cscn3)c(C)nn2-c2ccccc2)CC1. The number of amides is 1. The van der Waals surface area contributed by atoms with E-state index in [0.29, 0.717) is 11.6 Å². The van der Waals surface area contributed by atoms with E-state index in [1.807, 2.05) is 29.8 Å². The number of rotatable bonds is 5. The van der Waals surface area contributed by atoms with Crippen LogP contribution in [0.3, 0.4) is 0 Å². The first-order valence-corrected chi connectivity index (χ1v) is 10.7. The fraction of sp³-hybridized carbons (Fsp3) is 0.381. The van der Waals surface area contributed by atoms with Gasteiger partial charge in [-0.05, 0) is 51.5 Å². The molecule has 2 aromatic heterocycles. The smallest absolute Gasteiger partial charge is 0.275 e. The monoisotopic (exact) mass is 395 g/mol. The molecule has 0 unspecified atom stereocenters. The molecule has 1 aliphatic rings. The lowest BCUT2D eigenvalue weighted by Gasteiger charge is -2.31. The summed E-state index contributed by atoms with van der Waals surface area (Å²) in [6, 6.07) is 10.2. The summed E-state index contributed by atoms with van der Waals surface area (Å²) < 4.78 is 2.01. The molecule has 0 radical (unpaired) electrons. The van der Waals surface area contributed by atoms with Gasteiger partial charge in [-0.2, -0.15) is 5.10 Å². The molecular formula is C21H25N5OS. The van der Waals surface area contributed by atoms with Crippen molar-refractivity contribution >= 4 is 22.9 Å². The van der Waals surface area contributed by atoms with Gasteiger partial charge >= 0.3 is 0 Å². The molecule has 146 valence electrons. The number of aromatic nitrogens is 3. The Morgan fingerprint density at radius 1 is 1.25 bits per heavy atom. The van der Waals surface area contributed by atoms with Crippen molar-refractivity contribution in [1.82, 2.24) is 19.7 Å². The number of carbonyl (C=O) groups excluding carboxylic acids is 1. The third-order valence-corrected chi connectivity index (χ3v) is 6.01. The molecule has 0 saturated carbocycles. The van der Waals surface area contributed by atoms with E-state index in [1.165, 1.54) is 11.3 Å². The van der Waals surface area contributed by atoms with Crippen molar-refractivity contribution in [1.29, 1.82) is 0 Å². The summed E-state index contributed by atoms with van der Waals surface area (Å²) in [5.41, 5.74) is 5.91. The number of likely N-dealkylation sites (tertiary alicyclic amines) is 1. The molecule has 0 spiro atoms. The fourth-order valence-corrected chi connectivity index (χ4v) is 4.40. The molecule has 3 aromatic rings. The van der Waals surface area contributed by atoms with Crippen molar-refractivity contribution in [3.63, 3.8) is 0 Å². The van der Waals surface area contributed by atoms with Crippen molar-refractivity contribution in [2.75, 3.05) is 25.0 Å². The van der Waals surface area contributed by atoms with Crippen molar-refractivity contribution in [2.24, 2.45) is 0 Å². The predicted octanol–water partition coefficient (Wildman–Crippen LogP) is 4.09. The van der Waals surface area contributed by atoms with Crippen LogP contribution >= 0.6 is 11.3 Å². The summed E-state index contributed by atoms with van der Waals surface area (Å²) in [7, 11) is 0. The summed E-state index contributed by atoms with van der Waals surface area (Å²) in [6.45, 7) is 7.38. The minimum absolute atomic E-state index is 0.177. The quantitative estimate of drug-likeness (QED) is 0.707. The number of benzene rings is 1. The van der Waals surface area contributed by atoms with Gasteiger partial charge in [0.15, 0.2) is 0 Å². The van der Waals surface area contributed by atoms with Gasteiger partial charge in [-0.15, -0.1) is 11.3 Å². The van der Waals surface area contributed by atoms with Gasteiger partial charge in [0.25, 0.3) is 5.91 Å². The van der Waals surface area contributed by atoms with Crippen molar-refractivity contribution in [3.05, 3.63) is 58.3 Å². The third-order valence-electron chi connectivity index (χ3n) is 5.42. The van der Waals surface area contributed by atoms with E-state index in [4.69, 9.17) is 5.10 Å². The zero-order valence-corrected chi connectivity index (χ0v) is 17.1. The third kappa shape index (κ3) is 3.72. The number of aryl methyl sites for hydroxylation is 1. The second kappa shape index (κ2) is 8.24. The summed E-state index contributed by atoms with van der Waals surface area (Å²) in [6.07, 6.45) is 2.12. The number of nitrogens with zero attached hydrogens (tertiary/aromatic N) is 4. The normalized spacial score (nSPS) is 15.6. The molecule has 1 aliphatic heterocycles. The molecule has 0 atom stereocenters. The Labute approximate surface area is 169 Å². The Hall–Kier alpha value is -2.51. The Bertz CT molecular complexity index is 927. The standard InChI is InChI=1S/C21H25N5OS/c1-3-25-11-9-16(10-12-25)20-19(23-21(27)18-13-28-14-22-18)15(2)24-26(20)17-7-5-4-6-8-17/h4-8,13-14,16H,3,9-12H2,1-2H3,(H,23,27). The fourth-order valence-electron chi connectivity index (χ4n) is 3.87. The maximum absolute atomic E-state index is 12.7. The molecule has 1 saturated heterocycles. The summed E-state index contributed by atoms with van der Waals surface area (Å²) in [5, 5.41) is 9.67. The van der Waals surface area contributed by atoms with Gasteiger partial charge in [0.1, 0.15) is 5.69 Å². The number of nitrogens with one attached hydrogen (secondary N) is 1. The molecule has 1 amide bonds. The first-order chi connectivity index (χ1) is 13.7. The van der Waals surface area contributed by atoms with Crippen LogP contribution in [0.4, 0.5) is 5.69 Å². The van der Waals surface area contributed by atoms with Crippen LogP contribution in [-0.4, -0.2) is 45.2 Å². The summed E-state index contributed by atoms with van der Waals surface area (Å²) >= 11 is 1.42. The maximum Gasteiger partial charge on any atom is 0.275 e. The Morgan fingerprint density at radius 2 is 2.00 bits per heavy atom. The zero-order chi connectivity index (χ0) is 19.5. The van der Waals surface area contributed by atoms with Gasteiger partial charge in [0, 0.05) is 11.3 Å².